The molecule has 5 nitrogen and oxygen atoms in total. The molecule has 0 saturated carbocycles. The van der Waals surface area contributed by atoms with Gasteiger partial charge >= 0.3 is 0 Å². The number of aliphatic hydroxyl groups excluding tert-OH is 1. The van der Waals surface area contributed by atoms with Crippen LogP contribution in [0.15, 0.2) is 36.4 Å². The van der Waals surface area contributed by atoms with Crippen LogP contribution in [0.4, 0.5) is 0 Å². The maximum absolute atomic E-state index is 9.77. The summed E-state index contributed by atoms with van der Waals surface area (Å²) >= 11 is 0. The molecule has 0 bridgehead atoms. The number of hydrogen-bond donors (Lipinski definition) is 2. The Hall–Kier alpha value is -2.24. The van der Waals surface area contributed by atoms with E-state index in [1.54, 1.807) is 19.2 Å². The Morgan fingerprint density at radius 2 is 1.79 bits per heavy atom. The molecule has 0 aromatic heterocycles. The number of aromatic hydroxyl groups is 1. The van der Waals surface area contributed by atoms with Gasteiger partial charge in [0.25, 0.3) is 0 Å². The van der Waals surface area contributed by atoms with Crippen molar-refractivity contribution in [3.63, 3.8) is 0 Å². The van der Waals surface area contributed by atoms with Crippen molar-refractivity contribution in [2.75, 3.05) is 27.1 Å². The van der Waals surface area contributed by atoms with E-state index in [1.807, 2.05) is 31.2 Å². The second kappa shape index (κ2) is 9.15. The topological polar surface area (TPSA) is 68.2 Å². The van der Waals surface area contributed by atoms with Gasteiger partial charge in [-0.3, -0.25) is 0 Å². The molecule has 5 heteroatoms. The third kappa shape index (κ3) is 5.15. The number of methoxy groups -OCH3 is 1. The van der Waals surface area contributed by atoms with Crippen molar-refractivity contribution < 1.29 is 24.4 Å². The van der Waals surface area contributed by atoms with Crippen LogP contribution in [-0.2, 0) is 11.2 Å². The van der Waals surface area contributed by atoms with E-state index in [2.05, 4.69) is 0 Å². The van der Waals surface area contributed by atoms with Gasteiger partial charge in [-0.05, 0) is 36.2 Å². The fourth-order valence-corrected chi connectivity index (χ4v) is 2.41. The zero-order chi connectivity index (χ0) is 17.4. The molecule has 0 aliphatic heterocycles. The van der Waals surface area contributed by atoms with Crippen molar-refractivity contribution in [3.05, 3.63) is 53.1 Å². The molecule has 0 atom stereocenters. The summed E-state index contributed by atoms with van der Waals surface area (Å²) in [6, 6.07) is 11.2. The van der Waals surface area contributed by atoms with Crippen LogP contribution < -0.4 is 9.47 Å². The lowest BCUT2D eigenvalue weighted by atomic mass is 9.99. The molecule has 0 amide bonds. The Bertz CT molecular complexity index is 637. The molecule has 2 aromatic carbocycles. The van der Waals surface area contributed by atoms with Crippen LogP contribution in [0.1, 0.15) is 23.1 Å². The van der Waals surface area contributed by atoms with Crippen LogP contribution in [0.3, 0.4) is 0 Å². The summed E-state index contributed by atoms with van der Waals surface area (Å²) in [6.45, 7) is 2.71. The quantitative estimate of drug-likeness (QED) is 0.546. The molecule has 130 valence electrons. The van der Waals surface area contributed by atoms with Gasteiger partial charge in [-0.15, -0.1) is 0 Å². The summed E-state index contributed by atoms with van der Waals surface area (Å²) in [5.41, 5.74) is 3.09. The Kier molecular flexibility index (Phi) is 6.90. The molecule has 0 aliphatic carbocycles. The maximum atomic E-state index is 9.77. The van der Waals surface area contributed by atoms with Crippen molar-refractivity contribution in [2.24, 2.45) is 0 Å². The van der Waals surface area contributed by atoms with Crippen LogP contribution in [-0.4, -0.2) is 37.3 Å². The normalized spacial score (nSPS) is 10.6. The third-order valence-electron chi connectivity index (χ3n) is 3.62. The first-order valence-electron chi connectivity index (χ1n) is 7.91. The van der Waals surface area contributed by atoms with Crippen molar-refractivity contribution in [3.8, 4) is 17.2 Å². The molecule has 0 fully saturated rings. The minimum absolute atomic E-state index is 0.127. The first kappa shape index (κ1) is 18.1. The van der Waals surface area contributed by atoms with Gasteiger partial charge in [-0.2, -0.15) is 0 Å². The Labute approximate surface area is 142 Å². The number of ether oxygens (including phenoxy) is 3. The molecule has 2 rings (SSSR count). The number of aryl methyl sites for hydroxylation is 1. The summed E-state index contributed by atoms with van der Waals surface area (Å²) in [5.74, 6) is 1.58. The standard InChI is InChI=1S/C19H24O5/c1-14-10-16(21)12-19(24-13-22-2)18(14)11-15-4-6-17(7-5-15)23-9-3-8-20/h4-7,10,12,20-21H,3,8-9,11,13H2,1-2H3. The lowest BCUT2D eigenvalue weighted by molar-refractivity contribution is 0.0503. The highest BCUT2D eigenvalue weighted by atomic mass is 16.7. The molecule has 0 radical (unpaired) electrons. The van der Waals surface area contributed by atoms with E-state index in [4.69, 9.17) is 19.3 Å². The molecule has 0 unspecified atom stereocenters. The summed E-state index contributed by atoms with van der Waals surface area (Å²) < 4.78 is 16.1. The number of rotatable bonds is 9. The molecular weight excluding hydrogens is 308 g/mol. The fourth-order valence-electron chi connectivity index (χ4n) is 2.41. The molecule has 2 N–H and O–H groups in total. The number of aliphatic hydroxyl groups is 1. The minimum atomic E-state index is 0.127. The predicted molar refractivity (Wildman–Crippen MR) is 91.8 cm³/mol. The van der Waals surface area contributed by atoms with Crippen LogP contribution >= 0.6 is 0 Å². The lowest BCUT2D eigenvalue weighted by Crippen LogP contribution is -2.04. The third-order valence-corrected chi connectivity index (χ3v) is 3.62. The predicted octanol–water partition coefficient (Wildman–Crippen LogP) is 3.04. The van der Waals surface area contributed by atoms with Gasteiger partial charge in [0, 0.05) is 38.2 Å². The fraction of sp³-hybridized carbons (Fsp3) is 0.368. The van der Waals surface area contributed by atoms with Gasteiger partial charge in [0.05, 0.1) is 6.61 Å². The molecular formula is C19H24O5. The molecule has 0 heterocycles. The van der Waals surface area contributed by atoms with Gasteiger partial charge in [0.2, 0.25) is 0 Å². The van der Waals surface area contributed by atoms with E-state index >= 15 is 0 Å². The first-order chi connectivity index (χ1) is 11.6. The first-order valence-corrected chi connectivity index (χ1v) is 7.91. The van der Waals surface area contributed by atoms with Gasteiger partial charge < -0.3 is 24.4 Å². The van der Waals surface area contributed by atoms with Crippen molar-refractivity contribution in [1.29, 1.82) is 0 Å². The van der Waals surface area contributed by atoms with Gasteiger partial charge in [-0.1, -0.05) is 12.1 Å². The van der Waals surface area contributed by atoms with Crippen LogP contribution in [0, 0.1) is 6.92 Å². The highest BCUT2D eigenvalue weighted by Gasteiger charge is 2.11. The number of phenols is 1. The van der Waals surface area contributed by atoms with Crippen molar-refractivity contribution in [2.45, 2.75) is 19.8 Å². The smallest absolute Gasteiger partial charge is 0.188 e. The monoisotopic (exact) mass is 332 g/mol. The summed E-state index contributed by atoms with van der Waals surface area (Å²) in [6.07, 6.45) is 1.30. The highest BCUT2D eigenvalue weighted by molar-refractivity contribution is 5.48. The zero-order valence-electron chi connectivity index (χ0n) is 14.1. The van der Waals surface area contributed by atoms with E-state index in [9.17, 15) is 5.11 Å². The average molecular weight is 332 g/mol. The van der Waals surface area contributed by atoms with Gasteiger partial charge in [-0.25, -0.2) is 0 Å². The SMILES string of the molecule is COCOc1cc(O)cc(C)c1Cc1ccc(OCCCO)cc1. The Balaban J connectivity index is 2.12. The summed E-state index contributed by atoms with van der Waals surface area (Å²) in [4.78, 5) is 0. The Morgan fingerprint density at radius 1 is 1.04 bits per heavy atom. The van der Waals surface area contributed by atoms with Gasteiger partial charge in [0.1, 0.15) is 17.2 Å². The summed E-state index contributed by atoms with van der Waals surface area (Å²) in [5, 5.41) is 18.5. The maximum Gasteiger partial charge on any atom is 0.188 e. The van der Waals surface area contributed by atoms with Crippen LogP contribution in [0.5, 0.6) is 17.2 Å². The van der Waals surface area contributed by atoms with E-state index in [-0.39, 0.29) is 19.1 Å². The lowest BCUT2D eigenvalue weighted by Gasteiger charge is -2.14. The molecule has 2 aromatic rings. The zero-order valence-corrected chi connectivity index (χ0v) is 14.1. The molecule has 0 spiro atoms. The van der Waals surface area contributed by atoms with E-state index in [1.165, 1.54) is 0 Å². The van der Waals surface area contributed by atoms with Crippen molar-refractivity contribution in [1.82, 2.24) is 0 Å². The van der Waals surface area contributed by atoms with Crippen molar-refractivity contribution >= 4 is 0 Å². The number of phenolic OH excluding ortho intramolecular Hbond substituents is 1. The van der Waals surface area contributed by atoms with E-state index < -0.39 is 0 Å². The number of hydrogen-bond acceptors (Lipinski definition) is 5. The summed E-state index contributed by atoms with van der Waals surface area (Å²) in [7, 11) is 1.56. The Morgan fingerprint density at radius 3 is 2.46 bits per heavy atom. The highest BCUT2D eigenvalue weighted by Crippen LogP contribution is 2.30. The molecule has 0 saturated heterocycles. The molecule has 0 aliphatic rings. The van der Waals surface area contributed by atoms with Crippen LogP contribution in [0.25, 0.3) is 0 Å². The largest absolute Gasteiger partial charge is 0.508 e. The van der Waals surface area contributed by atoms with E-state index in [0.717, 1.165) is 22.4 Å². The second-order valence-corrected chi connectivity index (χ2v) is 5.54. The average Bonchev–Trinajstić information content (AvgIpc) is 2.57. The minimum Gasteiger partial charge on any atom is -0.508 e. The van der Waals surface area contributed by atoms with Gasteiger partial charge in [0.15, 0.2) is 6.79 Å². The van der Waals surface area contributed by atoms with Crippen LogP contribution in [0.2, 0.25) is 0 Å². The van der Waals surface area contributed by atoms with E-state index in [0.29, 0.717) is 25.2 Å². The number of benzene rings is 2. The molecule has 24 heavy (non-hydrogen) atoms. The second-order valence-electron chi connectivity index (χ2n) is 5.54.